The Bertz CT molecular complexity index is 556. The molecule has 0 atom stereocenters. The minimum absolute atomic E-state index is 0.0837. The highest BCUT2D eigenvalue weighted by Gasteiger charge is 2.18. The zero-order valence-electron chi connectivity index (χ0n) is 10.6. The number of aliphatic carboxylic acids is 1. The molecule has 0 aromatic heterocycles. The van der Waals surface area contributed by atoms with Gasteiger partial charge in [-0.05, 0) is 23.8 Å². The lowest BCUT2D eigenvalue weighted by Crippen LogP contribution is -2.28. The van der Waals surface area contributed by atoms with Gasteiger partial charge in [0, 0.05) is 17.8 Å². The van der Waals surface area contributed by atoms with Gasteiger partial charge in [0.1, 0.15) is 6.61 Å². The number of anilines is 1. The van der Waals surface area contributed by atoms with E-state index >= 15 is 0 Å². The van der Waals surface area contributed by atoms with E-state index < -0.39 is 5.97 Å². The summed E-state index contributed by atoms with van der Waals surface area (Å²) < 4.78 is 4.80. The summed E-state index contributed by atoms with van der Waals surface area (Å²) >= 11 is 0. The van der Waals surface area contributed by atoms with Crippen LogP contribution in [0.5, 0.6) is 0 Å². The van der Waals surface area contributed by atoms with Crippen LogP contribution in [0.15, 0.2) is 18.2 Å². The molecule has 2 rings (SSSR count). The Morgan fingerprint density at radius 3 is 2.95 bits per heavy atom. The van der Waals surface area contributed by atoms with E-state index in [1.54, 1.807) is 18.2 Å². The van der Waals surface area contributed by atoms with Gasteiger partial charge in [-0.25, -0.2) is 4.79 Å². The Labute approximate surface area is 114 Å². The third-order valence-electron chi connectivity index (χ3n) is 2.75. The van der Waals surface area contributed by atoms with E-state index in [1.807, 2.05) is 0 Å². The molecule has 2 amide bonds. The lowest BCUT2D eigenvalue weighted by molar-refractivity contribution is -0.142. The number of nitrogens with one attached hydrogen (secondary N) is 2. The number of hydrogen-bond acceptors (Lipinski definition) is 4. The summed E-state index contributed by atoms with van der Waals surface area (Å²) in [5.74, 6) is -1.42. The van der Waals surface area contributed by atoms with Crippen molar-refractivity contribution in [1.82, 2.24) is 5.32 Å². The van der Waals surface area contributed by atoms with Crippen molar-refractivity contribution in [2.24, 2.45) is 0 Å². The van der Waals surface area contributed by atoms with Crippen LogP contribution in [0.2, 0.25) is 0 Å². The van der Waals surface area contributed by atoms with Gasteiger partial charge in [0.05, 0.1) is 13.0 Å². The fraction of sp³-hybridized carbons (Fsp3) is 0.308. The molecule has 0 bridgehead atoms. The molecule has 20 heavy (non-hydrogen) atoms. The average Bonchev–Trinajstić information content (AvgIpc) is 2.76. The van der Waals surface area contributed by atoms with Crippen LogP contribution >= 0.6 is 0 Å². The minimum Gasteiger partial charge on any atom is -0.480 e. The first kappa shape index (κ1) is 14.0. The summed E-state index contributed by atoms with van der Waals surface area (Å²) in [4.78, 5) is 33.2. The molecule has 1 aromatic carbocycles. The first-order valence-corrected chi connectivity index (χ1v) is 6.07. The van der Waals surface area contributed by atoms with Gasteiger partial charge in [0.15, 0.2) is 0 Å². The first-order chi connectivity index (χ1) is 9.56. The first-order valence-electron chi connectivity index (χ1n) is 6.07. The molecule has 7 heteroatoms. The van der Waals surface area contributed by atoms with Gasteiger partial charge < -0.3 is 20.5 Å². The largest absolute Gasteiger partial charge is 0.480 e. The Balaban J connectivity index is 1.83. The van der Waals surface area contributed by atoms with E-state index in [-0.39, 0.29) is 38.0 Å². The highest BCUT2D eigenvalue weighted by atomic mass is 16.5. The standard InChI is InChI=1S/C13H14N2O5/c16-11-6-9-5-8(1-2-10(9)15-11)13(19)14-3-4-20-7-12(17)18/h1-2,5H,3-4,6-7H2,(H,14,19)(H,15,16)(H,17,18). The molecule has 0 radical (unpaired) electrons. The summed E-state index contributed by atoms with van der Waals surface area (Å²) in [6.45, 7) is -0.0358. The van der Waals surface area contributed by atoms with Gasteiger partial charge in [0.2, 0.25) is 5.91 Å². The number of rotatable bonds is 6. The van der Waals surface area contributed by atoms with Crippen molar-refractivity contribution in [1.29, 1.82) is 0 Å². The molecule has 1 heterocycles. The molecule has 0 aliphatic carbocycles. The Morgan fingerprint density at radius 2 is 2.20 bits per heavy atom. The van der Waals surface area contributed by atoms with Crippen LogP contribution in [-0.4, -0.2) is 42.6 Å². The van der Waals surface area contributed by atoms with Crippen molar-refractivity contribution in [3.8, 4) is 0 Å². The van der Waals surface area contributed by atoms with Gasteiger partial charge in [-0.2, -0.15) is 0 Å². The molecule has 106 valence electrons. The molecule has 7 nitrogen and oxygen atoms in total. The molecule has 0 fully saturated rings. The molecule has 1 aliphatic heterocycles. The molecule has 0 saturated heterocycles. The Kier molecular flexibility index (Phi) is 4.31. The SMILES string of the molecule is O=C(O)COCCNC(=O)c1ccc2c(c1)CC(=O)N2. The third kappa shape index (κ3) is 3.55. The predicted molar refractivity (Wildman–Crippen MR) is 69.6 cm³/mol. The number of carbonyl (C=O) groups is 3. The fourth-order valence-electron chi connectivity index (χ4n) is 1.87. The second-order valence-electron chi connectivity index (χ2n) is 4.30. The van der Waals surface area contributed by atoms with E-state index in [9.17, 15) is 14.4 Å². The zero-order valence-corrected chi connectivity index (χ0v) is 10.6. The Hall–Kier alpha value is -2.41. The summed E-state index contributed by atoms with van der Waals surface area (Å²) in [7, 11) is 0. The van der Waals surface area contributed by atoms with Crippen molar-refractivity contribution in [2.75, 3.05) is 25.1 Å². The number of ether oxygens (including phenoxy) is 1. The summed E-state index contributed by atoms with van der Waals surface area (Å²) in [6.07, 6.45) is 0.276. The van der Waals surface area contributed by atoms with E-state index in [0.29, 0.717) is 5.56 Å². The van der Waals surface area contributed by atoms with Crippen LogP contribution in [0.3, 0.4) is 0 Å². The third-order valence-corrected chi connectivity index (χ3v) is 2.75. The second kappa shape index (κ2) is 6.16. The zero-order chi connectivity index (χ0) is 14.5. The van der Waals surface area contributed by atoms with Crippen molar-refractivity contribution in [3.05, 3.63) is 29.3 Å². The predicted octanol–water partition coefficient (Wildman–Crippen LogP) is 0.0122. The minimum atomic E-state index is -1.05. The van der Waals surface area contributed by atoms with Crippen LogP contribution in [0.4, 0.5) is 5.69 Å². The maximum absolute atomic E-state index is 11.8. The van der Waals surface area contributed by atoms with Gasteiger partial charge in [-0.1, -0.05) is 0 Å². The highest BCUT2D eigenvalue weighted by Crippen LogP contribution is 2.23. The summed E-state index contributed by atoms with van der Waals surface area (Å²) in [5.41, 5.74) is 1.99. The van der Waals surface area contributed by atoms with Gasteiger partial charge in [-0.15, -0.1) is 0 Å². The van der Waals surface area contributed by atoms with Crippen molar-refractivity contribution in [3.63, 3.8) is 0 Å². The number of benzene rings is 1. The van der Waals surface area contributed by atoms with Crippen LogP contribution in [0, 0.1) is 0 Å². The van der Waals surface area contributed by atoms with Gasteiger partial charge in [0.25, 0.3) is 5.91 Å². The molecule has 0 unspecified atom stereocenters. The molecule has 1 aliphatic rings. The van der Waals surface area contributed by atoms with E-state index in [4.69, 9.17) is 9.84 Å². The normalized spacial score (nSPS) is 12.7. The number of carboxylic acids is 1. The van der Waals surface area contributed by atoms with Crippen LogP contribution < -0.4 is 10.6 Å². The van der Waals surface area contributed by atoms with E-state index in [2.05, 4.69) is 10.6 Å². The number of hydrogen-bond donors (Lipinski definition) is 3. The fourth-order valence-corrected chi connectivity index (χ4v) is 1.87. The topological polar surface area (TPSA) is 105 Å². The summed E-state index contributed by atoms with van der Waals surface area (Å²) in [5, 5.41) is 13.7. The maximum atomic E-state index is 11.8. The second-order valence-corrected chi connectivity index (χ2v) is 4.30. The van der Waals surface area contributed by atoms with Crippen molar-refractivity contribution < 1.29 is 24.2 Å². The van der Waals surface area contributed by atoms with Crippen LogP contribution in [-0.2, 0) is 20.7 Å². The molecule has 0 saturated carbocycles. The van der Waals surface area contributed by atoms with Crippen LogP contribution in [0.1, 0.15) is 15.9 Å². The summed E-state index contributed by atoms with van der Waals surface area (Å²) in [6, 6.07) is 4.98. The molecule has 1 aromatic rings. The van der Waals surface area contributed by atoms with Crippen molar-refractivity contribution >= 4 is 23.5 Å². The lowest BCUT2D eigenvalue weighted by Gasteiger charge is -2.06. The van der Waals surface area contributed by atoms with Crippen LogP contribution in [0.25, 0.3) is 0 Å². The maximum Gasteiger partial charge on any atom is 0.329 e. The number of carbonyl (C=O) groups excluding carboxylic acids is 2. The molecule has 3 N–H and O–H groups in total. The molecular formula is C13H14N2O5. The molecule has 0 spiro atoms. The van der Waals surface area contributed by atoms with E-state index in [1.165, 1.54) is 0 Å². The molecular weight excluding hydrogens is 264 g/mol. The monoisotopic (exact) mass is 278 g/mol. The number of fused-ring (bicyclic) bond motifs is 1. The average molecular weight is 278 g/mol. The Morgan fingerprint density at radius 1 is 1.40 bits per heavy atom. The lowest BCUT2D eigenvalue weighted by atomic mass is 10.1. The number of carboxylic acid groups (broad SMARTS) is 1. The van der Waals surface area contributed by atoms with E-state index in [0.717, 1.165) is 11.3 Å². The smallest absolute Gasteiger partial charge is 0.329 e. The highest BCUT2D eigenvalue weighted by molar-refractivity contribution is 6.01. The number of amides is 2. The quantitative estimate of drug-likeness (QED) is 0.636. The van der Waals surface area contributed by atoms with Gasteiger partial charge >= 0.3 is 5.97 Å². The van der Waals surface area contributed by atoms with Gasteiger partial charge in [-0.3, -0.25) is 9.59 Å². The van der Waals surface area contributed by atoms with Crippen molar-refractivity contribution in [2.45, 2.75) is 6.42 Å².